The highest BCUT2D eigenvalue weighted by Crippen LogP contribution is 2.24. The van der Waals surface area contributed by atoms with Gasteiger partial charge in [0.2, 0.25) is 0 Å². The second-order valence-electron chi connectivity index (χ2n) is 3.72. The molecule has 2 rings (SSSR count). The normalized spacial score (nSPS) is 21.8. The fourth-order valence-corrected chi connectivity index (χ4v) is 1.89. The summed E-state index contributed by atoms with van der Waals surface area (Å²) in [6, 6.07) is 5.19. The molecule has 0 saturated carbocycles. The molecular weight excluding hydrogens is 217 g/mol. The fourth-order valence-electron chi connectivity index (χ4n) is 1.77. The van der Waals surface area contributed by atoms with Crippen LogP contribution in [0, 0.1) is 5.82 Å². The lowest BCUT2D eigenvalue weighted by atomic mass is 10.2. The van der Waals surface area contributed by atoms with Gasteiger partial charge in [-0.1, -0.05) is 11.6 Å². The molecular formula is C11H13ClFNO. The van der Waals surface area contributed by atoms with Gasteiger partial charge in [0, 0.05) is 18.3 Å². The molecule has 0 bridgehead atoms. The Labute approximate surface area is 93.6 Å². The quantitative estimate of drug-likeness (QED) is 0.734. The summed E-state index contributed by atoms with van der Waals surface area (Å²) >= 11 is 5.64. The topological polar surface area (TPSA) is 12.5 Å². The second kappa shape index (κ2) is 4.37. The lowest BCUT2D eigenvalue weighted by molar-refractivity contribution is 0.0989. The summed E-state index contributed by atoms with van der Waals surface area (Å²) in [4.78, 5) is 2.13. The summed E-state index contributed by atoms with van der Waals surface area (Å²) in [5, 5.41) is 0.166. The van der Waals surface area contributed by atoms with E-state index >= 15 is 0 Å². The Morgan fingerprint density at radius 1 is 1.53 bits per heavy atom. The molecule has 0 N–H and O–H groups in total. The third-order valence-electron chi connectivity index (χ3n) is 2.60. The molecule has 1 unspecified atom stereocenters. The first-order valence-electron chi connectivity index (χ1n) is 4.98. The van der Waals surface area contributed by atoms with Crippen LogP contribution in [0.3, 0.4) is 0 Å². The van der Waals surface area contributed by atoms with Gasteiger partial charge in [-0.15, -0.1) is 0 Å². The third-order valence-corrected chi connectivity index (χ3v) is 2.91. The number of halogens is 2. The van der Waals surface area contributed by atoms with Crippen molar-refractivity contribution in [2.75, 3.05) is 24.7 Å². The number of ether oxygens (including phenoxy) is 1. The van der Waals surface area contributed by atoms with Crippen LogP contribution in [0.5, 0.6) is 0 Å². The zero-order valence-corrected chi connectivity index (χ0v) is 9.30. The van der Waals surface area contributed by atoms with Crippen LogP contribution in [-0.4, -0.2) is 25.8 Å². The Hall–Kier alpha value is -0.800. The minimum Gasteiger partial charge on any atom is -0.377 e. The van der Waals surface area contributed by atoms with E-state index in [9.17, 15) is 4.39 Å². The highest BCUT2D eigenvalue weighted by atomic mass is 35.5. The van der Waals surface area contributed by atoms with Crippen LogP contribution in [0.2, 0.25) is 5.02 Å². The van der Waals surface area contributed by atoms with Crippen molar-refractivity contribution in [2.45, 2.75) is 13.0 Å². The highest BCUT2D eigenvalue weighted by Gasteiger charge is 2.19. The molecule has 1 fully saturated rings. The third kappa shape index (κ3) is 2.24. The van der Waals surface area contributed by atoms with Crippen LogP contribution in [0.4, 0.5) is 10.1 Å². The standard InChI is InChI=1S/C11H13ClFNO/c1-8-7-15-5-4-14(8)9-2-3-10(12)11(13)6-9/h2-3,6,8H,4-5,7H2,1H3. The molecule has 0 radical (unpaired) electrons. The Bertz CT molecular complexity index is 358. The molecule has 1 aromatic carbocycles. The number of hydrogen-bond donors (Lipinski definition) is 0. The molecule has 15 heavy (non-hydrogen) atoms. The van der Waals surface area contributed by atoms with Gasteiger partial charge in [-0.05, 0) is 25.1 Å². The van der Waals surface area contributed by atoms with Crippen LogP contribution in [-0.2, 0) is 4.74 Å². The van der Waals surface area contributed by atoms with Crippen LogP contribution >= 0.6 is 11.6 Å². The van der Waals surface area contributed by atoms with E-state index in [-0.39, 0.29) is 16.9 Å². The predicted octanol–water partition coefficient (Wildman–Crippen LogP) is 2.70. The van der Waals surface area contributed by atoms with Crippen molar-refractivity contribution < 1.29 is 9.13 Å². The van der Waals surface area contributed by atoms with E-state index in [1.807, 2.05) is 6.07 Å². The average molecular weight is 230 g/mol. The summed E-state index contributed by atoms with van der Waals surface area (Å²) in [7, 11) is 0. The Morgan fingerprint density at radius 3 is 3.00 bits per heavy atom. The van der Waals surface area contributed by atoms with Gasteiger partial charge in [0.1, 0.15) is 5.82 Å². The monoisotopic (exact) mass is 229 g/mol. The number of rotatable bonds is 1. The maximum Gasteiger partial charge on any atom is 0.143 e. The molecule has 0 amide bonds. The largest absolute Gasteiger partial charge is 0.377 e. The van der Waals surface area contributed by atoms with E-state index in [4.69, 9.17) is 16.3 Å². The highest BCUT2D eigenvalue weighted by molar-refractivity contribution is 6.30. The minimum absolute atomic E-state index is 0.166. The molecule has 4 heteroatoms. The average Bonchev–Trinajstić information content (AvgIpc) is 2.23. The molecule has 1 aliphatic heterocycles. The number of nitrogens with zero attached hydrogens (tertiary/aromatic N) is 1. The van der Waals surface area contributed by atoms with Gasteiger partial charge in [-0.3, -0.25) is 0 Å². The first-order valence-corrected chi connectivity index (χ1v) is 5.35. The lowest BCUT2D eigenvalue weighted by Gasteiger charge is -2.35. The van der Waals surface area contributed by atoms with Crippen molar-refractivity contribution in [3.8, 4) is 0 Å². The minimum atomic E-state index is -0.368. The molecule has 1 aromatic rings. The van der Waals surface area contributed by atoms with E-state index in [0.717, 1.165) is 12.2 Å². The maximum absolute atomic E-state index is 13.3. The zero-order chi connectivity index (χ0) is 10.8. The van der Waals surface area contributed by atoms with Crippen molar-refractivity contribution in [3.05, 3.63) is 29.0 Å². The van der Waals surface area contributed by atoms with E-state index < -0.39 is 0 Å². The second-order valence-corrected chi connectivity index (χ2v) is 4.12. The van der Waals surface area contributed by atoms with Crippen molar-refractivity contribution in [3.63, 3.8) is 0 Å². The van der Waals surface area contributed by atoms with Gasteiger partial charge < -0.3 is 9.64 Å². The van der Waals surface area contributed by atoms with Gasteiger partial charge >= 0.3 is 0 Å². The van der Waals surface area contributed by atoms with Crippen molar-refractivity contribution in [1.82, 2.24) is 0 Å². The van der Waals surface area contributed by atoms with E-state index in [1.165, 1.54) is 6.07 Å². The van der Waals surface area contributed by atoms with Gasteiger partial charge in [-0.25, -0.2) is 4.39 Å². The summed E-state index contributed by atoms with van der Waals surface area (Å²) < 4.78 is 18.6. The van der Waals surface area contributed by atoms with Gasteiger partial charge in [-0.2, -0.15) is 0 Å². The summed E-state index contributed by atoms with van der Waals surface area (Å²) in [5.41, 5.74) is 0.868. The van der Waals surface area contributed by atoms with Crippen LogP contribution in [0.1, 0.15) is 6.92 Å². The number of morpholine rings is 1. The fraction of sp³-hybridized carbons (Fsp3) is 0.455. The van der Waals surface area contributed by atoms with E-state index in [1.54, 1.807) is 6.07 Å². The van der Waals surface area contributed by atoms with Gasteiger partial charge in [0.05, 0.1) is 18.2 Å². The van der Waals surface area contributed by atoms with Crippen molar-refractivity contribution in [2.24, 2.45) is 0 Å². The van der Waals surface area contributed by atoms with Crippen LogP contribution in [0.25, 0.3) is 0 Å². The molecule has 1 saturated heterocycles. The summed E-state index contributed by atoms with van der Waals surface area (Å²) in [5.74, 6) is -0.368. The first-order chi connectivity index (χ1) is 7.18. The SMILES string of the molecule is CC1COCCN1c1ccc(Cl)c(F)c1. The van der Waals surface area contributed by atoms with Crippen LogP contribution < -0.4 is 4.90 Å². The van der Waals surface area contributed by atoms with E-state index in [2.05, 4.69) is 11.8 Å². The molecule has 1 atom stereocenters. The molecule has 82 valence electrons. The number of hydrogen-bond acceptors (Lipinski definition) is 2. The first kappa shape index (κ1) is 10.7. The smallest absolute Gasteiger partial charge is 0.143 e. The molecule has 0 aromatic heterocycles. The predicted molar refractivity (Wildman–Crippen MR) is 59.0 cm³/mol. The molecule has 0 aliphatic carbocycles. The zero-order valence-electron chi connectivity index (χ0n) is 8.54. The van der Waals surface area contributed by atoms with E-state index in [0.29, 0.717) is 13.2 Å². The van der Waals surface area contributed by atoms with Gasteiger partial charge in [0.25, 0.3) is 0 Å². The Morgan fingerprint density at radius 2 is 2.33 bits per heavy atom. The number of benzene rings is 1. The number of anilines is 1. The summed E-state index contributed by atoms with van der Waals surface area (Å²) in [6.07, 6.45) is 0. The Kier molecular flexibility index (Phi) is 3.12. The van der Waals surface area contributed by atoms with Gasteiger partial charge in [0.15, 0.2) is 0 Å². The Balaban J connectivity index is 2.24. The summed E-state index contributed by atoms with van der Waals surface area (Å²) in [6.45, 7) is 4.23. The van der Waals surface area contributed by atoms with Crippen molar-refractivity contribution >= 4 is 17.3 Å². The van der Waals surface area contributed by atoms with Crippen LogP contribution in [0.15, 0.2) is 18.2 Å². The molecule has 2 nitrogen and oxygen atoms in total. The molecule has 0 spiro atoms. The molecule has 1 heterocycles. The maximum atomic E-state index is 13.3. The lowest BCUT2D eigenvalue weighted by Crippen LogP contribution is -2.43. The van der Waals surface area contributed by atoms with Crippen molar-refractivity contribution in [1.29, 1.82) is 0 Å². The molecule has 1 aliphatic rings.